The van der Waals surface area contributed by atoms with E-state index in [4.69, 9.17) is 5.73 Å². The molecule has 27 heavy (non-hydrogen) atoms. The van der Waals surface area contributed by atoms with Gasteiger partial charge in [0.25, 0.3) is 15.9 Å². The second-order valence-corrected chi connectivity index (χ2v) is 8.46. The van der Waals surface area contributed by atoms with Crippen LogP contribution in [0.1, 0.15) is 23.7 Å². The largest absolute Gasteiger partial charge is 0.336 e. The van der Waals surface area contributed by atoms with Crippen molar-refractivity contribution in [3.63, 3.8) is 0 Å². The Morgan fingerprint density at radius 2 is 1.81 bits per heavy atom. The van der Waals surface area contributed by atoms with Crippen LogP contribution < -0.4 is 10.5 Å². The molecule has 0 aliphatic carbocycles. The van der Waals surface area contributed by atoms with Gasteiger partial charge in [0.2, 0.25) is 0 Å². The second kappa shape index (κ2) is 7.66. The van der Waals surface area contributed by atoms with Gasteiger partial charge in [-0.2, -0.15) is 0 Å². The highest BCUT2D eigenvalue weighted by Crippen LogP contribution is 2.25. The van der Waals surface area contributed by atoms with Gasteiger partial charge in [-0.1, -0.05) is 0 Å². The first-order valence-corrected chi connectivity index (χ1v) is 10.2. The van der Waals surface area contributed by atoms with E-state index in [0.717, 1.165) is 18.6 Å². The number of likely N-dealkylation sites (tertiary alicyclic amines) is 1. The molecule has 0 radical (unpaired) electrons. The van der Waals surface area contributed by atoms with E-state index in [1.165, 1.54) is 24.3 Å². The van der Waals surface area contributed by atoms with E-state index in [9.17, 15) is 17.6 Å². The molecule has 1 saturated heterocycles. The molecule has 0 spiro atoms. The van der Waals surface area contributed by atoms with Gasteiger partial charge >= 0.3 is 0 Å². The molecule has 8 heteroatoms. The number of hydrogen-bond acceptors (Lipinski definition) is 4. The first-order chi connectivity index (χ1) is 12.8. The lowest BCUT2D eigenvalue weighted by atomic mass is 10.1. The molecular weight excluding hydrogens is 369 g/mol. The molecule has 1 amide bonds. The number of halogens is 1. The zero-order valence-electron chi connectivity index (χ0n) is 14.9. The predicted molar refractivity (Wildman–Crippen MR) is 101 cm³/mol. The van der Waals surface area contributed by atoms with Gasteiger partial charge in [0.1, 0.15) is 5.82 Å². The van der Waals surface area contributed by atoms with Gasteiger partial charge in [-0.15, -0.1) is 0 Å². The number of anilines is 1. The molecule has 2 aromatic carbocycles. The second-order valence-electron chi connectivity index (χ2n) is 6.78. The molecule has 6 nitrogen and oxygen atoms in total. The van der Waals surface area contributed by atoms with Crippen LogP contribution in [0.25, 0.3) is 0 Å². The van der Waals surface area contributed by atoms with Crippen LogP contribution in [0.15, 0.2) is 53.4 Å². The van der Waals surface area contributed by atoms with Crippen LogP contribution in [0, 0.1) is 11.7 Å². The minimum absolute atomic E-state index is 0.0391. The van der Waals surface area contributed by atoms with Crippen LogP contribution in [0.4, 0.5) is 10.1 Å². The number of carbonyl (C=O) groups is 1. The van der Waals surface area contributed by atoms with Crippen molar-refractivity contribution >= 4 is 21.6 Å². The Balaban J connectivity index is 1.72. The third kappa shape index (κ3) is 4.28. The van der Waals surface area contributed by atoms with Crippen LogP contribution in [0.5, 0.6) is 0 Å². The molecule has 1 aliphatic rings. The molecule has 3 N–H and O–H groups in total. The van der Waals surface area contributed by atoms with Crippen molar-refractivity contribution in [1.29, 1.82) is 0 Å². The quantitative estimate of drug-likeness (QED) is 0.819. The van der Waals surface area contributed by atoms with Gasteiger partial charge in [0.15, 0.2) is 0 Å². The summed E-state index contributed by atoms with van der Waals surface area (Å²) in [7, 11) is -3.82. The number of hydrogen-bond donors (Lipinski definition) is 2. The van der Waals surface area contributed by atoms with Crippen LogP contribution in [-0.4, -0.2) is 38.4 Å². The van der Waals surface area contributed by atoms with E-state index in [1.807, 2.05) is 6.92 Å². The fourth-order valence-electron chi connectivity index (χ4n) is 3.27. The van der Waals surface area contributed by atoms with Crippen molar-refractivity contribution in [3.05, 3.63) is 59.9 Å². The Morgan fingerprint density at radius 1 is 1.19 bits per heavy atom. The van der Waals surface area contributed by atoms with E-state index in [2.05, 4.69) is 4.72 Å². The Kier molecular flexibility index (Phi) is 5.48. The van der Waals surface area contributed by atoms with Crippen molar-refractivity contribution in [2.75, 3.05) is 17.8 Å². The predicted octanol–water partition coefficient (Wildman–Crippen LogP) is 2.44. The fourth-order valence-corrected chi connectivity index (χ4v) is 4.33. The van der Waals surface area contributed by atoms with E-state index >= 15 is 0 Å². The third-order valence-corrected chi connectivity index (χ3v) is 6.16. The molecule has 2 atom stereocenters. The zero-order valence-corrected chi connectivity index (χ0v) is 15.7. The maximum atomic E-state index is 13.0. The summed E-state index contributed by atoms with van der Waals surface area (Å²) in [5, 5.41) is 0. The number of nitrogens with one attached hydrogen (secondary N) is 1. The summed E-state index contributed by atoms with van der Waals surface area (Å²) in [5.74, 6) is -0.290. The molecule has 1 aliphatic heterocycles. The average Bonchev–Trinajstić information content (AvgIpc) is 3.03. The SMILES string of the molecule is CC1CC(CN)CN1C(=O)c1ccc(NS(=O)(=O)c2ccc(F)cc2)cc1. The Morgan fingerprint density at radius 3 is 2.37 bits per heavy atom. The lowest BCUT2D eigenvalue weighted by molar-refractivity contribution is 0.0743. The zero-order chi connectivity index (χ0) is 19.6. The molecule has 2 aromatic rings. The molecular formula is C19H22FN3O3S. The normalized spacial score (nSPS) is 19.9. The summed E-state index contributed by atoms with van der Waals surface area (Å²) in [6.07, 6.45) is 0.887. The van der Waals surface area contributed by atoms with Crippen molar-refractivity contribution in [2.24, 2.45) is 11.7 Å². The number of rotatable bonds is 5. The Labute approximate surface area is 158 Å². The van der Waals surface area contributed by atoms with Crippen LogP contribution in [0.3, 0.4) is 0 Å². The molecule has 1 fully saturated rings. The number of benzene rings is 2. The number of nitrogens with two attached hydrogens (primary N) is 1. The van der Waals surface area contributed by atoms with E-state index in [1.54, 1.807) is 17.0 Å². The molecule has 144 valence electrons. The van der Waals surface area contributed by atoms with E-state index in [-0.39, 0.29) is 16.8 Å². The highest BCUT2D eigenvalue weighted by molar-refractivity contribution is 7.92. The minimum Gasteiger partial charge on any atom is -0.336 e. The molecule has 0 saturated carbocycles. The third-order valence-electron chi connectivity index (χ3n) is 4.76. The van der Waals surface area contributed by atoms with Crippen molar-refractivity contribution < 1.29 is 17.6 Å². The summed E-state index contributed by atoms with van der Waals surface area (Å²) >= 11 is 0. The van der Waals surface area contributed by atoms with Gasteiger partial charge in [-0.3, -0.25) is 9.52 Å². The number of carbonyl (C=O) groups excluding carboxylic acids is 1. The smallest absolute Gasteiger partial charge is 0.261 e. The van der Waals surface area contributed by atoms with Crippen molar-refractivity contribution in [2.45, 2.75) is 24.3 Å². The molecule has 0 aromatic heterocycles. The maximum absolute atomic E-state index is 13.0. The minimum atomic E-state index is -3.82. The summed E-state index contributed by atoms with van der Waals surface area (Å²) < 4.78 is 40.1. The Bertz CT molecular complexity index is 914. The van der Waals surface area contributed by atoms with Gasteiger partial charge in [-0.05, 0) is 74.3 Å². The summed E-state index contributed by atoms with van der Waals surface area (Å²) in [5.41, 5.74) is 6.52. The van der Waals surface area contributed by atoms with Crippen molar-refractivity contribution in [3.8, 4) is 0 Å². The van der Waals surface area contributed by atoms with Gasteiger partial charge in [0.05, 0.1) is 4.90 Å². The average molecular weight is 391 g/mol. The Hall–Kier alpha value is -2.45. The first kappa shape index (κ1) is 19.3. The lowest BCUT2D eigenvalue weighted by Gasteiger charge is -2.21. The van der Waals surface area contributed by atoms with Crippen LogP contribution in [-0.2, 0) is 10.0 Å². The lowest BCUT2D eigenvalue weighted by Crippen LogP contribution is -2.34. The monoisotopic (exact) mass is 391 g/mol. The molecule has 2 unspecified atom stereocenters. The molecule has 1 heterocycles. The van der Waals surface area contributed by atoms with Crippen molar-refractivity contribution in [1.82, 2.24) is 4.90 Å². The first-order valence-electron chi connectivity index (χ1n) is 8.69. The summed E-state index contributed by atoms with van der Waals surface area (Å²) in [4.78, 5) is 14.4. The topological polar surface area (TPSA) is 92.5 Å². The van der Waals surface area contributed by atoms with E-state index in [0.29, 0.717) is 30.3 Å². The van der Waals surface area contributed by atoms with Gasteiger partial charge < -0.3 is 10.6 Å². The molecule has 0 bridgehead atoms. The van der Waals surface area contributed by atoms with Gasteiger partial charge in [0, 0.05) is 23.8 Å². The highest BCUT2D eigenvalue weighted by atomic mass is 32.2. The molecule has 3 rings (SSSR count). The van der Waals surface area contributed by atoms with Gasteiger partial charge in [-0.25, -0.2) is 12.8 Å². The van der Waals surface area contributed by atoms with E-state index < -0.39 is 15.8 Å². The number of amides is 1. The highest BCUT2D eigenvalue weighted by Gasteiger charge is 2.32. The maximum Gasteiger partial charge on any atom is 0.261 e. The number of nitrogens with zero attached hydrogens (tertiary/aromatic N) is 1. The summed E-state index contributed by atoms with van der Waals surface area (Å²) in [6.45, 7) is 3.19. The van der Waals surface area contributed by atoms with Crippen LogP contribution >= 0.6 is 0 Å². The summed E-state index contributed by atoms with van der Waals surface area (Å²) in [6, 6.07) is 10.9. The number of sulfonamides is 1. The standard InChI is InChI=1S/C19H22FN3O3S/c1-13-10-14(11-21)12-23(13)19(24)15-2-6-17(7-3-15)22-27(25,26)18-8-4-16(20)5-9-18/h2-9,13-14,22H,10-12,21H2,1H3. The fraction of sp³-hybridized carbons (Fsp3) is 0.316. The van der Waals surface area contributed by atoms with Crippen LogP contribution in [0.2, 0.25) is 0 Å².